The van der Waals surface area contributed by atoms with Crippen LogP contribution >= 0.6 is 0 Å². The molecule has 0 amide bonds. The largest absolute Gasteiger partial charge is 0.495 e. The van der Waals surface area contributed by atoms with Gasteiger partial charge in [0.15, 0.2) is 5.82 Å². The van der Waals surface area contributed by atoms with Gasteiger partial charge < -0.3 is 14.0 Å². The second kappa shape index (κ2) is 6.95. The molecule has 0 N–H and O–H groups in total. The zero-order valence-corrected chi connectivity index (χ0v) is 18.3. The van der Waals surface area contributed by atoms with Crippen LogP contribution in [0.3, 0.4) is 0 Å². The number of rotatable bonds is 6. The van der Waals surface area contributed by atoms with Gasteiger partial charge in [0.2, 0.25) is 0 Å². The van der Waals surface area contributed by atoms with Gasteiger partial charge >= 0.3 is 7.12 Å². The average molecular weight is 393 g/mol. The molecule has 0 atom stereocenters. The van der Waals surface area contributed by atoms with E-state index in [2.05, 4.69) is 30.0 Å². The highest BCUT2D eigenvalue weighted by molar-refractivity contribution is 6.76. The van der Waals surface area contributed by atoms with Crippen LogP contribution < -0.4 is 5.46 Å². The number of fused-ring (bicyclic) bond motifs is 1. The van der Waals surface area contributed by atoms with Crippen LogP contribution in [0.15, 0.2) is 12.1 Å². The van der Waals surface area contributed by atoms with Crippen LogP contribution in [0.2, 0.25) is 25.7 Å². The lowest BCUT2D eigenvalue weighted by Gasteiger charge is -2.32. The van der Waals surface area contributed by atoms with Crippen molar-refractivity contribution in [2.24, 2.45) is 0 Å². The van der Waals surface area contributed by atoms with E-state index in [1.165, 1.54) is 6.07 Å². The van der Waals surface area contributed by atoms with Crippen LogP contribution in [-0.2, 0) is 20.8 Å². The number of aromatic nitrogens is 3. The van der Waals surface area contributed by atoms with Crippen molar-refractivity contribution in [3.63, 3.8) is 0 Å². The molecular formula is C18H29BFN3O3Si. The SMILES string of the molecule is CC1(C)OB(c2cc(F)c3nnn(COCC[Si](C)(C)C)c3c2)OC1(C)C. The smallest absolute Gasteiger partial charge is 0.399 e. The van der Waals surface area contributed by atoms with Gasteiger partial charge in [-0.15, -0.1) is 5.10 Å². The summed E-state index contributed by atoms with van der Waals surface area (Å²) in [5, 5.41) is 8.00. The van der Waals surface area contributed by atoms with Crippen LogP contribution in [0.25, 0.3) is 11.0 Å². The minimum atomic E-state index is -1.16. The molecular weight excluding hydrogens is 364 g/mol. The summed E-state index contributed by atoms with van der Waals surface area (Å²) in [4.78, 5) is 0. The van der Waals surface area contributed by atoms with Crippen molar-refractivity contribution in [1.82, 2.24) is 15.0 Å². The maximum Gasteiger partial charge on any atom is 0.495 e. The first-order chi connectivity index (χ1) is 12.4. The predicted molar refractivity (Wildman–Crippen MR) is 107 cm³/mol. The number of hydrogen-bond acceptors (Lipinski definition) is 5. The normalized spacial score (nSPS) is 19.2. The molecule has 2 heterocycles. The molecule has 1 aromatic heterocycles. The molecule has 1 aliphatic heterocycles. The van der Waals surface area contributed by atoms with Gasteiger partial charge in [-0.1, -0.05) is 24.9 Å². The third kappa shape index (κ3) is 4.26. The predicted octanol–water partition coefficient (Wildman–Crippen LogP) is 3.18. The van der Waals surface area contributed by atoms with Crippen molar-refractivity contribution in [3.05, 3.63) is 17.9 Å². The fourth-order valence-corrected chi connectivity index (χ4v) is 3.54. The molecule has 0 saturated carbocycles. The van der Waals surface area contributed by atoms with Gasteiger partial charge in [-0.2, -0.15) is 0 Å². The quantitative estimate of drug-likeness (QED) is 0.557. The molecule has 0 aliphatic carbocycles. The second-order valence-electron chi connectivity index (χ2n) is 9.40. The molecule has 0 spiro atoms. The average Bonchev–Trinajstić information content (AvgIpc) is 3.02. The minimum absolute atomic E-state index is 0.226. The topological polar surface area (TPSA) is 58.4 Å². The maximum atomic E-state index is 14.6. The lowest BCUT2D eigenvalue weighted by molar-refractivity contribution is 0.00578. The summed E-state index contributed by atoms with van der Waals surface area (Å²) < 4.78 is 34.0. The second-order valence-corrected chi connectivity index (χ2v) is 15.0. The third-order valence-corrected chi connectivity index (χ3v) is 7.04. The summed E-state index contributed by atoms with van der Waals surface area (Å²) in [6.45, 7) is 15.7. The van der Waals surface area contributed by atoms with Crippen LogP contribution in [0.4, 0.5) is 4.39 Å². The summed E-state index contributed by atoms with van der Waals surface area (Å²) in [6.07, 6.45) is 0. The Labute approximate surface area is 161 Å². The maximum absolute atomic E-state index is 14.6. The summed E-state index contributed by atoms with van der Waals surface area (Å²) in [7, 11) is -1.79. The van der Waals surface area contributed by atoms with Gasteiger partial charge in [0.05, 0.1) is 16.7 Å². The molecule has 9 heteroatoms. The third-order valence-electron chi connectivity index (χ3n) is 5.33. The number of halogens is 1. The molecule has 3 rings (SSSR count). The zero-order chi connectivity index (χ0) is 20.0. The first kappa shape index (κ1) is 20.4. The van der Waals surface area contributed by atoms with Crippen LogP contribution in [0.5, 0.6) is 0 Å². The Balaban J connectivity index is 1.81. The van der Waals surface area contributed by atoms with E-state index >= 15 is 0 Å². The summed E-state index contributed by atoms with van der Waals surface area (Å²) >= 11 is 0. The fraction of sp³-hybridized carbons (Fsp3) is 0.667. The lowest BCUT2D eigenvalue weighted by atomic mass is 9.79. The molecule has 6 nitrogen and oxygen atoms in total. The number of hydrogen-bond donors (Lipinski definition) is 0. The Kier molecular flexibility index (Phi) is 5.26. The van der Waals surface area contributed by atoms with E-state index in [1.54, 1.807) is 4.68 Å². The molecule has 1 fully saturated rings. The Morgan fingerprint density at radius 2 is 1.78 bits per heavy atom. The van der Waals surface area contributed by atoms with Crippen LogP contribution in [0.1, 0.15) is 27.7 Å². The van der Waals surface area contributed by atoms with E-state index < -0.39 is 32.2 Å². The van der Waals surface area contributed by atoms with Gasteiger partial charge in [-0.3, -0.25) is 0 Å². The highest BCUT2D eigenvalue weighted by Gasteiger charge is 2.51. The van der Waals surface area contributed by atoms with Gasteiger partial charge in [-0.25, -0.2) is 9.07 Å². The van der Waals surface area contributed by atoms with E-state index in [-0.39, 0.29) is 12.2 Å². The first-order valence-corrected chi connectivity index (χ1v) is 13.1. The Morgan fingerprint density at radius 3 is 2.37 bits per heavy atom. The number of benzene rings is 1. The molecule has 0 radical (unpaired) electrons. The van der Waals surface area contributed by atoms with Gasteiger partial charge in [0, 0.05) is 14.7 Å². The standard InChI is InChI=1S/C18H29BFN3O3Si/c1-17(2)18(3,4)26-19(25-17)13-10-14(20)16-15(11-13)23(22-21-16)12-24-8-9-27(5,6)7/h10-11H,8-9,12H2,1-7H3. The van der Waals surface area contributed by atoms with E-state index in [9.17, 15) is 4.39 Å². The van der Waals surface area contributed by atoms with Gasteiger partial charge in [0.1, 0.15) is 12.2 Å². The molecule has 27 heavy (non-hydrogen) atoms. The number of ether oxygens (including phenoxy) is 1. The van der Waals surface area contributed by atoms with E-state index in [0.717, 1.165) is 6.04 Å². The Hall–Kier alpha value is -1.29. The van der Waals surface area contributed by atoms with Crippen LogP contribution in [0, 0.1) is 5.82 Å². The fourth-order valence-electron chi connectivity index (χ4n) is 2.79. The Bertz CT molecular complexity index is 819. The van der Waals surface area contributed by atoms with Crippen molar-refractivity contribution in [2.45, 2.75) is 71.3 Å². The molecule has 148 valence electrons. The van der Waals surface area contributed by atoms with Crippen molar-refractivity contribution >= 4 is 31.7 Å². The van der Waals surface area contributed by atoms with E-state index in [1.807, 2.05) is 33.8 Å². The highest BCUT2D eigenvalue weighted by atomic mass is 28.3. The highest BCUT2D eigenvalue weighted by Crippen LogP contribution is 2.36. The van der Waals surface area contributed by atoms with Crippen molar-refractivity contribution < 1.29 is 18.4 Å². The monoisotopic (exact) mass is 393 g/mol. The first-order valence-electron chi connectivity index (χ1n) is 9.36. The minimum Gasteiger partial charge on any atom is -0.399 e. The zero-order valence-electron chi connectivity index (χ0n) is 17.3. The Morgan fingerprint density at radius 1 is 1.15 bits per heavy atom. The van der Waals surface area contributed by atoms with Gasteiger partial charge in [-0.05, 0) is 51.3 Å². The van der Waals surface area contributed by atoms with Crippen molar-refractivity contribution in [1.29, 1.82) is 0 Å². The van der Waals surface area contributed by atoms with Crippen LogP contribution in [-0.4, -0.2) is 48.0 Å². The lowest BCUT2D eigenvalue weighted by Crippen LogP contribution is -2.41. The van der Waals surface area contributed by atoms with E-state index in [4.69, 9.17) is 14.0 Å². The molecule has 0 unspecified atom stereocenters. The molecule has 1 aromatic carbocycles. The number of nitrogens with zero attached hydrogens (tertiary/aromatic N) is 3. The van der Waals surface area contributed by atoms with Crippen molar-refractivity contribution in [2.75, 3.05) is 6.61 Å². The summed E-state index contributed by atoms with van der Waals surface area (Å²) in [5.74, 6) is -0.439. The molecule has 2 aromatic rings. The van der Waals surface area contributed by atoms with Gasteiger partial charge in [0.25, 0.3) is 0 Å². The molecule has 1 aliphatic rings. The molecule has 1 saturated heterocycles. The van der Waals surface area contributed by atoms with Crippen molar-refractivity contribution in [3.8, 4) is 0 Å². The van der Waals surface area contributed by atoms with E-state index in [0.29, 0.717) is 17.6 Å². The summed E-state index contributed by atoms with van der Waals surface area (Å²) in [6, 6.07) is 4.30. The molecule has 0 bridgehead atoms. The summed E-state index contributed by atoms with van der Waals surface area (Å²) in [5.41, 5.74) is 0.449.